The van der Waals surface area contributed by atoms with Crippen molar-refractivity contribution < 1.29 is 19.0 Å². The van der Waals surface area contributed by atoms with Crippen molar-refractivity contribution in [3.8, 4) is 11.5 Å². The van der Waals surface area contributed by atoms with E-state index in [-0.39, 0.29) is 35.9 Å². The average Bonchev–Trinajstić information content (AvgIpc) is 2.71. The first-order valence-corrected chi connectivity index (χ1v) is 9.53. The van der Waals surface area contributed by atoms with Crippen molar-refractivity contribution >= 4 is 35.9 Å². The van der Waals surface area contributed by atoms with E-state index in [0.29, 0.717) is 13.2 Å². The first-order valence-electron chi connectivity index (χ1n) is 9.53. The molecule has 0 radical (unpaired) electrons. The Bertz CT molecular complexity index is 646. The number of piperidine rings is 1. The standard InChI is InChI=1S/C20H31N3O4.HI/c1-5-21-20(23-11-9-16(10-12-23)19(24)26-4)22-14-15-7-8-17(25-3)18(13-15)27-6-2;/h7-8,13,16H,5-6,9-12,14H2,1-4H3,(H,21,22);1H. The van der Waals surface area contributed by atoms with E-state index >= 15 is 0 Å². The zero-order chi connectivity index (χ0) is 19.6. The summed E-state index contributed by atoms with van der Waals surface area (Å²) in [5.74, 6) is 2.20. The maximum atomic E-state index is 11.7. The van der Waals surface area contributed by atoms with Crippen LogP contribution in [0.15, 0.2) is 23.2 Å². The summed E-state index contributed by atoms with van der Waals surface area (Å²) in [5.41, 5.74) is 1.05. The SMILES string of the molecule is CCNC(=NCc1ccc(OC)c(OCC)c1)N1CCC(C(=O)OC)CC1.I. The number of hydrogen-bond acceptors (Lipinski definition) is 5. The van der Waals surface area contributed by atoms with Gasteiger partial charge in [0, 0.05) is 19.6 Å². The number of methoxy groups -OCH3 is 2. The second-order valence-electron chi connectivity index (χ2n) is 6.37. The monoisotopic (exact) mass is 505 g/mol. The average molecular weight is 505 g/mol. The summed E-state index contributed by atoms with van der Waals surface area (Å²) < 4.78 is 15.8. The number of rotatable bonds is 7. The minimum Gasteiger partial charge on any atom is -0.493 e. The number of ether oxygens (including phenoxy) is 3. The Labute approximate surface area is 184 Å². The molecule has 0 aliphatic carbocycles. The summed E-state index contributed by atoms with van der Waals surface area (Å²) in [5, 5.41) is 3.35. The molecule has 8 heteroatoms. The van der Waals surface area contributed by atoms with Gasteiger partial charge in [-0.05, 0) is 44.4 Å². The van der Waals surface area contributed by atoms with Gasteiger partial charge in [-0.1, -0.05) is 6.07 Å². The number of carbonyl (C=O) groups excluding carboxylic acids is 1. The summed E-state index contributed by atoms with van der Waals surface area (Å²) in [6.07, 6.45) is 1.57. The number of halogens is 1. The number of aliphatic imine (C=N–C) groups is 1. The van der Waals surface area contributed by atoms with E-state index in [1.165, 1.54) is 7.11 Å². The van der Waals surface area contributed by atoms with Gasteiger partial charge < -0.3 is 24.4 Å². The number of nitrogens with one attached hydrogen (secondary N) is 1. The maximum absolute atomic E-state index is 11.7. The Hall–Kier alpha value is -1.71. The summed E-state index contributed by atoms with van der Waals surface area (Å²) in [6, 6.07) is 5.88. The van der Waals surface area contributed by atoms with Crippen molar-refractivity contribution in [1.29, 1.82) is 0 Å². The smallest absolute Gasteiger partial charge is 0.308 e. The lowest BCUT2D eigenvalue weighted by atomic mass is 9.97. The van der Waals surface area contributed by atoms with E-state index in [9.17, 15) is 4.79 Å². The lowest BCUT2D eigenvalue weighted by molar-refractivity contribution is -0.146. The highest BCUT2D eigenvalue weighted by Gasteiger charge is 2.26. The predicted molar refractivity (Wildman–Crippen MR) is 121 cm³/mol. The molecule has 0 amide bonds. The number of hydrogen-bond donors (Lipinski definition) is 1. The van der Waals surface area contributed by atoms with Crippen LogP contribution in [0, 0.1) is 5.92 Å². The fraction of sp³-hybridized carbons (Fsp3) is 0.600. The third-order valence-corrected chi connectivity index (χ3v) is 4.60. The molecule has 0 atom stereocenters. The first kappa shape index (κ1) is 24.3. The van der Waals surface area contributed by atoms with Gasteiger partial charge in [-0.15, -0.1) is 24.0 Å². The molecule has 1 N–H and O–H groups in total. The van der Waals surface area contributed by atoms with E-state index in [4.69, 9.17) is 19.2 Å². The lowest BCUT2D eigenvalue weighted by Gasteiger charge is -2.33. The predicted octanol–water partition coefficient (Wildman–Crippen LogP) is 3.06. The number of guanidine groups is 1. The molecule has 7 nitrogen and oxygen atoms in total. The largest absolute Gasteiger partial charge is 0.493 e. The van der Waals surface area contributed by atoms with Gasteiger partial charge in [0.05, 0.1) is 33.3 Å². The normalized spacial score (nSPS) is 14.9. The molecular formula is C20H32IN3O4. The van der Waals surface area contributed by atoms with Gasteiger partial charge in [0.2, 0.25) is 0 Å². The summed E-state index contributed by atoms with van der Waals surface area (Å²) in [4.78, 5) is 18.7. The van der Waals surface area contributed by atoms with Crippen molar-refractivity contribution in [1.82, 2.24) is 10.2 Å². The number of nitrogens with zero attached hydrogens (tertiary/aromatic N) is 2. The van der Waals surface area contributed by atoms with Crippen molar-refractivity contribution in [3.05, 3.63) is 23.8 Å². The molecule has 1 aromatic carbocycles. The van der Waals surface area contributed by atoms with E-state index in [1.807, 2.05) is 25.1 Å². The molecule has 1 heterocycles. The molecule has 1 aliphatic heterocycles. The molecule has 28 heavy (non-hydrogen) atoms. The molecule has 0 aromatic heterocycles. The molecule has 0 saturated carbocycles. The number of benzene rings is 1. The lowest BCUT2D eigenvalue weighted by Crippen LogP contribution is -2.46. The molecular weight excluding hydrogens is 473 g/mol. The fourth-order valence-corrected chi connectivity index (χ4v) is 3.17. The molecule has 1 saturated heterocycles. The van der Waals surface area contributed by atoms with Crippen LogP contribution in [0.1, 0.15) is 32.3 Å². The highest BCUT2D eigenvalue weighted by atomic mass is 127. The molecule has 0 unspecified atom stereocenters. The third-order valence-electron chi connectivity index (χ3n) is 4.60. The van der Waals surface area contributed by atoms with Crippen molar-refractivity contribution in [2.45, 2.75) is 33.2 Å². The molecule has 0 spiro atoms. The molecule has 0 bridgehead atoms. The van der Waals surface area contributed by atoms with E-state index in [0.717, 1.165) is 55.5 Å². The quantitative estimate of drug-likeness (QED) is 0.266. The minimum atomic E-state index is -0.113. The minimum absolute atomic E-state index is 0. The van der Waals surface area contributed by atoms with Crippen LogP contribution in [0.25, 0.3) is 0 Å². The van der Waals surface area contributed by atoms with Crippen molar-refractivity contribution in [3.63, 3.8) is 0 Å². The number of carbonyl (C=O) groups is 1. The second kappa shape index (κ2) is 12.7. The van der Waals surface area contributed by atoms with Crippen LogP contribution >= 0.6 is 24.0 Å². The summed E-state index contributed by atoms with van der Waals surface area (Å²) in [6.45, 7) is 7.51. The van der Waals surface area contributed by atoms with Gasteiger partial charge >= 0.3 is 5.97 Å². The molecule has 2 rings (SSSR count). The highest BCUT2D eigenvalue weighted by molar-refractivity contribution is 14.0. The Morgan fingerprint density at radius 3 is 2.50 bits per heavy atom. The Morgan fingerprint density at radius 1 is 1.21 bits per heavy atom. The van der Waals surface area contributed by atoms with Crippen LogP contribution in [-0.4, -0.2) is 57.3 Å². The van der Waals surface area contributed by atoms with Gasteiger partial charge in [-0.2, -0.15) is 0 Å². The van der Waals surface area contributed by atoms with Gasteiger partial charge in [0.1, 0.15) is 0 Å². The number of esters is 1. The fourth-order valence-electron chi connectivity index (χ4n) is 3.17. The Balaban J connectivity index is 0.00000392. The first-order chi connectivity index (χ1) is 13.1. The number of likely N-dealkylation sites (tertiary alicyclic amines) is 1. The molecule has 1 aliphatic rings. The van der Waals surface area contributed by atoms with Crippen LogP contribution in [-0.2, 0) is 16.1 Å². The van der Waals surface area contributed by atoms with Gasteiger partial charge in [-0.25, -0.2) is 4.99 Å². The van der Waals surface area contributed by atoms with E-state index < -0.39 is 0 Å². The second-order valence-corrected chi connectivity index (χ2v) is 6.37. The highest BCUT2D eigenvalue weighted by Crippen LogP contribution is 2.28. The molecule has 158 valence electrons. The topological polar surface area (TPSA) is 72.4 Å². The summed E-state index contributed by atoms with van der Waals surface area (Å²) in [7, 11) is 3.09. The van der Waals surface area contributed by atoms with Gasteiger partial charge in [-0.3, -0.25) is 4.79 Å². The zero-order valence-electron chi connectivity index (χ0n) is 17.2. The zero-order valence-corrected chi connectivity index (χ0v) is 19.5. The van der Waals surface area contributed by atoms with Crippen LogP contribution in [0.4, 0.5) is 0 Å². The Kier molecular flexibility index (Phi) is 11.0. The van der Waals surface area contributed by atoms with Gasteiger partial charge in [0.25, 0.3) is 0 Å². The van der Waals surface area contributed by atoms with Gasteiger partial charge in [0.15, 0.2) is 17.5 Å². The van der Waals surface area contributed by atoms with E-state index in [2.05, 4.69) is 17.1 Å². The van der Waals surface area contributed by atoms with Crippen LogP contribution in [0.2, 0.25) is 0 Å². The molecule has 1 fully saturated rings. The maximum Gasteiger partial charge on any atom is 0.308 e. The Morgan fingerprint density at radius 2 is 1.93 bits per heavy atom. The molecule has 1 aromatic rings. The van der Waals surface area contributed by atoms with E-state index in [1.54, 1.807) is 7.11 Å². The van der Waals surface area contributed by atoms with Crippen molar-refractivity contribution in [2.75, 3.05) is 40.5 Å². The van der Waals surface area contributed by atoms with Crippen LogP contribution in [0.5, 0.6) is 11.5 Å². The van der Waals surface area contributed by atoms with Crippen LogP contribution in [0.3, 0.4) is 0 Å². The van der Waals surface area contributed by atoms with Crippen molar-refractivity contribution in [2.24, 2.45) is 10.9 Å². The van der Waals surface area contributed by atoms with Crippen LogP contribution < -0.4 is 14.8 Å². The summed E-state index contributed by atoms with van der Waals surface area (Å²) >= 11 is 0. The third kappa shape index (κ3) is 6.72.